The molecule has 0 amide bonds. The number of aldehydes is 2. The summed E-state index contributed by atoms with van der Waals surface area (Å²) < 4.78 is 4.96. The van der Waals surface area contributed by atoms with Gasteiger partial charge in [0.25, 0.3) is 0 Å². The minimum Gasteiger partial charge on any atom is -0.497 e. The van der Waals surface area contributed by atoms with Crippen LogP contribution in [0.5, 0.6) is 5.75 Å². The summed E-state index contributed by atoms with van der Waals surface area (Å²) in [7, 11) is 1.52. The van der Waals surface area contributed by atoms with Gasteiger partial charge in [-0.05, 0) is 24.6 Å². The van der Waals surface area contributed by atoms with E-state index in [1.807, 2.05) is 0 Å². The smallest absolute Gasteiger partial charge is 0.151 e. The number of benzene rings is 1. The summed E-state index contributed by atoms with van der Waals surface area (Å²) >= 11 is 0. The number of carbonyl (C=O) groups is 2. The summed E-state index contributed by atoms with van der Waals surface area (Å²) in [4.78, 5) is 21.2. The minimum atomic E-state index is 0.367. The van der Waals surface area contributed by atoms with Crippen LogP contribution >= 0.6 is 0 Å². The average molecular weight is 178 g/mol. The molecule has 0 aliphatic heterocycles. The van der Waals surface area contributed by atoms with Gasteiger partial charge in [0.1, 0.15) is 5.75 Å². The van der Waals surface area contributed by atoms with Crippen molar-refractivity contribution in [1.82, 2.24) is 0 Å². The van der Waals surface area contributed by atoms with Gasteiger partial charge in [-0.3, -0.25) is 9.59 Å². The van der Waals surface area contributed by atoms with Crippen molar-refractivity contribution in [2.45, 2.75) is 6.92 Å². The van der Waals surface area contributed by atoms with Crippen LogP contribution in [0.4, 0.5) is 0 Å². The highest BCUT2D eigenvalue weighted by Crippen LogP contribution is 2.19. The first kappa shape index (κ1) is 9.45. The lowest BCUT2D eigenvalue weighted by molar-refractivity contribution is 0.109. The molecule has 0 atom stereocenters. The molecule has 0 unspecified atom stereocenters. The second kappa shape index (κ2) is 3.85. The monoisotopic (exact) mass is 178 g/mol. The number of carbonyl (C=O) groups excluding carboxylic acids is 2. The number of aryl methyl sites for hydroxylation is 1. The van der Waals surface area contributed by atoms with Crippen molar-refractivity contribution in [2.75, 3.05) is 7.11 Å². The second-order valence-corrected chi connectivity index (χ2v) is 2.68. The number of hydrogen-bond acceptors (Lipinski definition) is 3. The van der Waals surface area contributed by atoms with Crippen molar-refractivity contribution in [3.8, 4) is 5.75 Å². The highest BCUT2D eigenvalue weighted by Gasteiger charge is 2.06. The maximum Gasteiger partial charge on any atom is 0.151 e. The fourth-order valence-electron chi connectivity index (χ4n) is 1.17. The quantitative estimate of drug-likeness (QED) is 0.660. The summed E-state index contributed by atoms with van der Waals surface area (Å²) in [5, 5.41) is 0. The highest BCUT2D eigenvalue weighted by molar-refractivity contribution is 5.92. The molecule has 68 valence electrons. The lowest BCUT2D eigenvalue weighted by Gasteiger charge is -2.05. The number of methoxy groups -OCH3 is 1. The van der Waals surface area contributed by atoms with Crippen molar-refractivity contribution >= 4 is 12.6 Å². The molecule has 0 saturated carbocycles. The van der Waals surface area contributed by atoms with Gasteiger partial charge in [0.2, 0.25) is 0 Å². The summed E-state index contributed by atoms with van der Waals surface area (Å²) in [5.41, 5.74) is 1.54. The Balaban J connectivity index is 3.36. The van der Waals surface area contributed by atoms with Gasteiger partial charge in [0, 0.05) is 11.1 Å². The zero-order valence-corrected chi connectivity index (χ0v) is 7.53. The van der Waals surface area contributed by atoms with Gasteiger partial charge < -0.3 is 4.74 Å². The fourth-order valence-corrected chi connectivity index (χ4v) is 1.17. The maximum absolute atomic E-state index is 10.6. The molecule has 0 heterocycles. The standard InChI is InChI=1S/C10H10O3/c1-7-3-9(13-2)4-8(5-11)10(7)6-12/h3-6H,1-2H3. The molecule has 1 aromatic rings. The zero-order valence-electron chi connectivity index (χ0n) is 7.53. The minimum absolute atomic E-state index is 0.367. The van der Waals surface area contributed by atoms with E-state index in [2.05, 4.69) is 0 Å². The third-order valence-electron chi connectivity index (χ3n) is 1.87. The van der Waals surface area contributed by atoms with E-state index in [0.29, 0.717) is 29.4 Å². The largest absolute Gasteiger partial charge is 0.497 e. The summed E-state index contributed by atoms with van der Waals surface area (Å²) in [5.74, 6) is 0.588. The molecule has 0 aromatic heterocycles. The summed E-state index contributed by atoms with van der Waals surface area (Å²) in [6.45, 7) is 1.76. The van der Waals surface area contributed by atoms with Gasteiger partial charge in [-0.2, -0.15) is 0 Å². The fraction of sp³-hybridized carbons (Fsp3) is 0.200. The van der Waals surface area contributed by atoms with E-state index in [-0.39, 0.29) is 0 Å². The van der Waals surface area contributed by atoms with Crippen LogP contribution in [-0.2, 0) is 0 Å². The van der Waals surface area contributed by atoms with Crippen LogP contribution < -0.4 is 4.74 Å². The molecular weight excluding hydrogens is 168 g/mol. The van der Waals surface area contributed by atoms with Crippen LogP contribution in [0.2, 0.25) is 0 Å². The van der Waals surface area contributed by atoms with E-state index >= 15 is 0 Å². The van der Waals surface area contributed by atoms with Crippen LogP contribution in [-0.4, -0.2) is 19.7 Å². The molecule has 0 radical (unpaired) electrons. The Labute approximate surface area is 76.3 Å². The zero-order chi connectivity index (χ0) is 9.84. The lowest BCUT2D eigenvalue weighted by atomic mass is 10.0. The SMILES string of the molecule is COc1cc(C)c(C=O)c(C=O)c1. The predicted molar refractivity (Wildman–Crippen MR) is 48.5 cm³/mol. The van der Waals surface area contributed by atoms with Crippen LogP contribution in [0, 0.1) is 6.92 Å². The molecule has 1 rings (SSSR count). The van der Waals surface area contributed by atoms with E-state index in [0.717, 1.165) is 5.56 Å². The maximum atomic E-state index is 10.6. The Morgan fingerprint density at radius 2 is 1.92 bits per heavy atom. The van der Waals surface area contributed by atoms with Crippen molar-refractivity contribution < 1.29 is 14.3 Å². The molecule has 1 aromatic carbocycles. The summed E-state index contributed by atoms with van der Waals surface area (Å²) in [6, 6.07) is 3.26. The molecule has 0 N–H and O–H groups in total. The Morgan fingerprint density at radius 3 is 2.38 bits per heavy atom. The molecular formula is C10H10O3. The Hall–Kier alpha value is -1.64. The summed E-state index contributed by atoms with van der Waals surface area (Å²) in [6.07, 6.45) is 1.33. The first-order valence-electron chi connectivity index (χ1n) is 3.82. The van der Waals surface area contributed by atoms with Gasteiger partial charge in [-0.15, -0.1) is 0 Å². The highest BCUT2D eigenvalue weighted by atomic mass is 16.5. The molecule has 13 heavy (non-hydrogen) atoms. The molecule has 0 aliphatic rings. The van der Waals surface area contributed by atoms with Gasteiger partial charge in [0.05, 0.1) is 7.11 Å². The Bertz CT molecular complexity index is 342. The molecule has 0 bridgehead atoms. The predicted octanol–water partition coefficient (Wildman–Crippen LogP) is 1.63. The number of hydrogen-bond donors (Lipinski definition) is 0. The van der Waals surface area contributed by atoms with Crippen LogP contribution in [0.1, 0.15) is 26.3 Å². The third kappa shape index (κ3) is 1.75. The van der Waals surface area contributed by atoms with Gasteiger partial charge in [-0.1, -0.05) is 0 Å². The number of rotatable bonds is 3. The van der Waals surface area contributed by atoms with Gasteiger partial charge in [0.15, 0.2) is 12.6 Å². The van der Waals surface area contributed by atoms with E-state index < -0.39 is 0 Å². The van der Waals surface area contributed by atoms with Crippen molar-refractivity contribution in [3.63, 3.8) is 0 Å². The average Bonchev–Trinajstić information content (AvgIpc) is 2.16. The topological polar surface area (TPSA) is 43.4 Å². The van der Waals surface area contributed by atoms with Gasteiger partial charge in [-0.25, -0.2) is 0 Å². The Kier molecular flexibility index (Phi) is 2.80. The molecule has 3 nitrogen and oxygen atoms in total. The molecule has 0 spiro atoms. The lowest BCUT2D eigenvalue weighted by Crippen LogP contribution is -1.96. The van der Waals surface area contributed by atoms with Crippen LogP contribution in [0.25, 0.3) is 0 Å². The molecule has 0 aliphatic carbocycles. The van der Waals surface area contributed by atoms with E-state index in [9.17, 15) is 9.59 Å². The van der Waals surface area contributed by atoms with E-state index in [1.165, 1.54) is 7.11 Å². The van der Waals surface area contributed by atoms with E-state index in [1.54, 1.807) is 19.1 Å². The normalized spacial score (nSPS) is 9.38. The molecule has 0 saturated heterocycles. The molecule has 3 heteroatoms. The first-order valence-corrected chi connectivity index (χ1v) is 3.82. The van der Waals surface area contributed by atoms with Gasteiger partial charge >= 0.3 is 0 Å². The van der Waals surface area contributed by atoms with E-state index in [4.69, 9.17) is 4.74 Å². The van der Waals surface area contributed by atoms with Crippen molar-refractivity contribution in [3.05, 3.63) is 28.8 Å². The van der Waals surface area contributed by atoms with Crippen molar-refractivity contribution in [2.24, 2.45) is 0 Å². The number of ether oxygens (including phenoxy) is 1. The van der Waals surface area contributed by atoms with Crippen LogP contribution in [0.3, 0.4) is 0 Å². The van der Waals surface area contributed by atoms with Crippen molar-refractivity contribution in [1.29, 1.82) is 0 Å². The first-order chi connectivity index (χ1) is 6.22. The second-order valence-electron chi connectivity index (χ2n) is 2.68. The third-order valence-corrected chi connectivity index (χ3v) is 1.87. The molecule has 0 fully saturated rings. The van der Waals surface area contributed by atoms with Crippen LogP contribution in [0.15, 0.2) is 12.1 Å². The Morgan fingerprint density at radius 1 is 1.23 bits per heavy atom.